The molecule has 4 nitrogen and oxygen atoms in total. The second-order valence-electron chi connectivity index (χ2n) is 5.82. The Hall–Kier alpha value is -1.76. The molecular weight excluding hydrogens is 309 g/mol. The standard InChI is InChI=1S/C16H23F3N2O2/c1-10(2)8-12(9-20)21-15(22)11(3)23-14-7-5-4-6-13(14)16(17,18)19/h4-7,10-12H,8-9,20H2,1-3H3,(H,21,22). The SMILES string of the molecule is CC(C)CC(CN)NC(=O)C(C)Oc1ccccc1C(F)(F)F. The molecule has 0 spiro atoms. The van der Waals surface area contributed by atoms with Crippen LogP contribution in [0.5, 0.6) is 5.75 Å². The van der Waals surface area contributed by atoms with Gasteiger partial charge in [0.15, 0.2) is 6.10 Å². The van der Waals surface area contributed by atoms with E-state index in [1.54, 1.807) is 0 Å². The Morgan fingerprint density at radius 3 is 2.39 bits per heavy atom. The van der Waals surface area contributed by atoms with Gasteiger partial charge in [-0.05, 0) is 31.4 Å². The molecule has 1 aromatic carbocycles. The monoisotopic (exact) mass is 332 g/mol. The molecule has 130 valence electrons. The molecule has 23 heavy (non-hydrogen) atoms. The number of carbonyl (C=O) groups excluding carboxylic acids is 1. The first-order valence-corrected chi connectivity index (χ1v) is 7.48. The van der Waals surface area contributed by atoms with Gasteiger partial charge in [-0.1, -0.05) is 26.0 Å². The molecule has 0 saturated carbocycles. The van der Waals surface area contributed by atoms with Gasteiger partial charge in [0.1, 0.15) is 5.75 Å². The summed E-state index contributed by atoms with van der Waals surface area (Å²) in [5.74, 6) is -0.514. The van der Waals surface area contributed by atoms with E-state index < -0.39 is 23.8 Å². The molecule has 7 heteroatoms. The minimum atomic E-state index is -4.54. The normalized spacial score (nSPS) is 14.4. The Bertz CT molecular complexity index is 518. The van der Waals surface area contributed by atoms with E-state index in [0.717, 1.165) is 6.07 Å². The predicted molar refractivity (Wildman–Crippen MR) is 82.0 cm³/mol. The zero-order valence-electron chi connectivity index (χ0n) is 13.5. The smallest absolute Gasteiger partial charge is 0.419 e. The number of alkyl halides is 3. The van der Waals surface area contributed by atoms with E-state index in [9.17, 15) is 18.0 Å². The lowest BCUT2D eigenvalue weighted by molar-refractivity contribution is -0.140. The predicted octanol–water partition coefficient (Wildman–Crippen LogP) is 2.96. The number of benzene rings is 1. The molecule has 0 fully saturated rings. The average molecular weight is 332 g/mol. The van der Waals surface area contributed by atoms with Crippen LogP contribution in [0.4, 0.5) is 13.2 Å². The van der Waals surface area contributed by atoms with Crippen molar-refractivity contribution in [3.63, 3.8) is 0 Å². The molecular formula is C16H23F3N2O2. The highest BCUT2D eigenvalue weighted by molar-refractivity contribution is 5.81. The largest absolute Gasteiger partial charge is 0.480 e. The van der Waals surface area contributed by atoms with E-state index in [-0.39, 0.29) is 18.3 Å². The summed E-state index contributed by atoms with van der Waals surface area (Å²) in [4.78, 5) is 12.1. The number of rotatable bonds is 7. The topological polar surface area (TPSA) is 64.3 Å². The van der Waals surface area contributed by atoms with Gasteiger partial charge in [-0.2, -0.15) is 13.2 Å². The molecule has 0 radical (unpaired) electrons. The highest BCUT2D eigenvalue weighted by atomic mass is 19.4. The lowest BCUT2D eigenvalue weighted by Gasteiger charge is -2.22. The molecule has 0 aliphatic heterocycles. The number of para-hydroxylation sites is 1. The molecule has 2 unspecified atom stereocenters. The van der Waals surface area contributed by atoms with Crippen LogP contribution in [0.2, 0.25) is 0 Å². The van der Waals surface area contributed by atoms with E-state index in [1.807, 2.05) is 13.8 Å². The van der Waals surface area contributed by atoms with Crippen molar-refractivity contribution in [2.75, 3.05) is 6.54 Å². The number of amides is 1. The molecule has 3 N–H and O–H groups in total. The van der Waals surface area contributed by atoms with Crippen LogP contribution in [0.25, 0.3) is 0 Å². The Morgan fingerprint density at radius 2 is 1.87 bits per heavy atom. The zero-order chi connectivity index (χ0) is 17.6. The second-order valence-corrected chi connectivity index (χ2v) is 5.82. The Morgan fingerprint density at radius 1 is 1.26 bits per heavy atom. The summed E-state index contributed by atoms with van der Waals surface area (Å²) in [6.07, 6.45) is -4.90. The highest BCUT2D eigenvalue weighted by Crippen LogP contribution is 2.36. The van der Waals surface area contributed by atoms with Crippen LogP contribution in [0.3, 0.4) is 0 Å². The van der Waals surface area contributed by atoms with Crippen molar-refractivity contribution in [2.24, 2.45) is 11.7 Å². The second kappa shape index (κ2) is 8.19. The van der Waals surface area contributed by atoms with Gasteiger partial charge in [0.05, 0.1) is 5.56 Å². The van der Waals surface area contributed by atoms with Crippen LogP contribution in [-0.2, 0) is 11.0 Å². The number of nitrogens with one attached hydrogen (secondary N) is 1. The summed E-state index contributed by atoms with van der Waals surface area (Å²) in [5, 5.41) is 2.71. The Labute approximate surface area is 134 Å². The molecule has 1 rings (SSSR count). The minimum Gasteiger partial charge on any atom is -0.480 e. The molecule has 0 saturated heterocycles. The van der Waals surface area contributed by atoms with E-state index in [4.69, 9.17) is 10.5 Å². The molecule has 0 heterocycles. The van der Waals surface area contributed by atoms with Gasteiger partial charge >= 0.3 is 6.18 Å². The van der Waals surface area contributed by atoms with Crippen LogP contribution in [-0.4, -0.2) is 24.6 Å². The van der Waals surface area contributed by atoms with E-state index in [0.29, 0.717) is 12.3 Å². The van der Waals surface area contributed by atoms with Crippen LogP contribution >= 0.6 is 0 Å². The first-order valence-electron chi connectivity index (χ1n) is 7.48. The van der Waals surface area contributed by atoms with Crippen molar-refractivity contribution in [2.45, 2.75) is 45.5 Å². The summed E-state index contributed by atoms with van der Waals surface area (Å²) in [7, 11) is 0. The maximum Gasteiger partial charge on any atom is 0.419 e. The number of nitrogens with two attached hydrogens (primary N) is 1. The third kappa shape index (κ3) is 6.09. The van der Waals surface area contributed by atoms with E-state index in [1.165, 1.54) is 25.1 Å². The molecule has 1 aromatic rings. The highest BCUT2D eigenvalue weighted by Gasteiger charge is 2.34. The van der Waals surface area contributed by atoms with Crippen molar-refractivity contribution in [3.8, 4) is 5.75 Å². The summed E-state index contributed by atoms with van der Waals surface area (Å²) < 4.78 is 43.9. The van der Waals surface area contributed by atoms with Crippen LogP contribution in [0, 0.1) is 5.92 Å². The summed E-state index contributed by atoms with van der Waals surface area (Å²) in [5.41, 5.74) is 4.69. The number of carbonyl (C=O) groups is 1. The van der Waals surface area contributed by atoms with Gasteiger partial charge in [-0.3, -0.25) is 4.79 Å². The third-order valence-corrected chi connectivity index (χ3v) is 3.25. The quantitative estimate of drug-likeness (QED) is 0.807. The fourth-order valence-corrected chi connectivity index (χ4v) is 2.15. The Kier molecular flexibility index (Phi) is 6.87. The molecule has 0 aromatic heterocycles. The number of halogens is 3. The number of hydrogen-bond donors (Lipinski definition) is 2. The lowest BCUT2D eigenvalue weighted by atomic mass is 10.0. The van der Waals surface area contributed by atoms with E-state index in [2.05, 4.69) is 5.32 Å². The average Bonchev–Trinajstić information content (AvgIpc) is 2.45. The van der Waals surface area contributed by atoms with Crippen LogP contribution < -0.4 is 15.8 Å². The van der Waals surface area contributed by atoms with Crippen molar-refractivity contribution in [1.29, 1.82) is 0 Å². The maximum atomic E-state index is 12.9. The first-order chi connectivity index (χ1) is 10.6. The van der Waals surface area contributed by atoms with Gasteiger partial charge in [-0.15, -0.1) is 0 Å². The van der Waals surface area contributed by atoms with Gasteiger partial charge in [0, 0.05) is 12.6 Å². The molecule has 0 aliphatic rings. The van der Waals surface area contributed by atoms with Gasteiger partial charge < -0.3 is 15.8 Å². The molecule has 0 bridgehead atoms. The lowest BCUT2D eigenvalue weighted by Crippen LogP contribution is -2.46. The summed E-state index contributed by atoms with van der Waals surface area (Å²) >= 11 is 0. The van der Waals surface area contributed by atoms with Gasteiger partial charge in [-0.25, -0.2) is 0 Å². The van der Waals surface area contributed by atoms with Crippen molar-refractivity contribution >= 4 is 5.91 Å². The maximum absolute atomic E-state index is 12.9. The fourth-order valence-electron chi connectivity index (χ4n) is 2.15. The number of ether oxygens (including phenoxy) is 1. The first kappa shape index (κ1) is 19.3. The summed E-state index contributed by atoms with van der Waals surface area (Å²) in [6, 6.07) is 4.58. The third-order valence-electron chi connectivity index (χ3n) is 3.25. The summed E-state index contributed by atoms with van der Waals surface area (Å²) in [6.45, 7) is 5.66. The Balaban J connectivity index is 2.76. The van der Waals surface area contributed by atoms with Crippen molar-refractivity contribution in [1.82, 2.24) is 5.32 Å². The molecule has 2 atom stereocenters. The van der Waals surface area contributed by atoms with Gasteiger partial charge in [0.25, 0.3) is 5.91 Å². The van der Waals surface area contributed by atoms with Gasteiger partial charge in [0.2, 0.25) is 0 Å². The molecule has 1 amide bonds. The van der Waals surface area contributed by atoms with Crippen LogP contribution in [0.1, 0.15) is 32.8 Å². The molecule has 0 aliphatic carbocycles. The minimum absolute atomic E-state index is 0.230. The zero-order valence-corrected chi connectivity index (χ0v) is 13.5. The fraction of sp³-hybridized carbons (Fsp3) is 0.562. The van der Waals surface area contributed by atoms with Crippen molar-refractivity contribution in [3.05, 3.63) is 29.8 Å². The van der Waals surface area contributed by atoms with Crippen LogP contribution in [0.15, 0.2) is 24.3 Å². The van der Waals surface area contributed by atoms with E-state index >= 15 is 0 Å². The van der Waals surface area contributed by atoms with Crippen molar-refractivity contribution < 1.29 is 22.7 Å². The number of hydrogen-bond acceptors (Lipinski definition) is 3.